The third kappa shape index (κ3) is 3.75. The molecule has 0 aliphatic heterocycles. The summed E-state index contributed by atoms with van der Waals surface area (Å²) in [5.41, 5.74) is 4.67. The number of halogens is 2. The van der Waals surface area contributed by atoms with Crippen LogP contribution in [0.4, 0.5) is 4.39 Å². The highest BCUT2D eigenvalue weighted by molar-refractivity contribution is 6.30. The Hall–Kier alpha value is -2.33. The van der Waals surface area contributed by atoms with E-state index in [1.54, 1.807) is 19.2 Å². The van der Waals surface area contributed by atoms with Gasteiger partial charge in [-0.15, -0.1) is 0 Å². The number of ether oxygens (including phenoxy) is 2. The Kier molecular flexibility index (Phi) is 5.62. The van der Waals surface area contributed by atoms with Gasteiger partial charge in [0, 0.05) is 0 Å². The maximum Gasteiger partial charge on any atom is 0.310 e. The Morgan fingerprint density at radius 2 is 1.96 bits per heavy atom. The van der Waals surface area contributed by atoms with E-state index in [1.165, 1.54) is 13.2 Å². The molecule has 0 saturated heterocycles. The zero-order valence-electron chi connectivity index (χ0n) is 14.8. The summed E-state index contributed by atoms with van der Waals surface area (Å²) in [5, 5.41) is 0.0858. The number of carbonyl (C=O) groups is 1. The Balaban J connectivity index is 2.19. The second kappa shape index (κ2) is 7.92. The second-order valence-electron chi connectivity index (χ2n) is 6.22. The van der Waals surface area contributed by atoms with E-state index < -0.39 is 5.82 Å². The van der Waals surface area contributed by atoms with Crippen molar-refractivity contribution in [2.45, 2.75) is 25.7 Å². The molecule has 0 unspecified atom stereocenters. The normalized spacial score (nSPS) is 13.8. The summed E-state index contributed by atoms with van der Waals surface area (Å²) in [5.74, 6) is -0.00829. The highest BCUT2D eigenvalue weighted by Crippen LogP contribution is 2.39. The fraction of sp³-hybridized carbons (Fsp3) is 0.286. The second-order valence-corrected chi connectivity index (χ2v) is 6.62. The first-order chi connectivity index (χ1) is 12.5. The van der Waals surface area contributed by atoms with Gasteiger partial charge in [-0.2, -0.15) is 0 Å². The molecule has 0 radical (unpaired) electrons. The summed E-state index contributed by atoms with van der Waals surface area (Å²) in [6.07, 6.45) is 2.63. The molecule has 0 N–H and O–H groups in total. The first-order valence-electron chi connectivity index (χ1n) is 8.45. The molecule has 0 amide bonds. The highest BCUT2D eigenvalue weighted by atomic mass is 35.5. The number of methoxy groups -OCH3 is 2. The van der Waals surface area contributed by atoms with Crippen LogP contribution in [0, 0.1) is 5.82 Å². The minimum absolute atomic E-state index is 0.0858. The van der Waals surface area contributed by atoms with Crippen molar-refractivity contribution < 1.29 is 18.7 Å². The molecule has 0 bridgehead atoms. The van der Waals surface area contributed by atoms with Crippen LogP contribution in [-0.4, -0.2) is 20.2 Å². The Labute approximate surface area is 157 Å². The lowest BCUT2D eigenvalue weighted by Gasteiger charge is -2.16. The summed E-state index contributed by atoms with van der Waals surface area (Å²) in [6.45, 7) is 0. The van der Waals surface area contributed by atoms with Crippen molar-refractivity contribution in [3.8, 4) is 5.75 Å². The zero-order chi connectivity index (χ0) is 18.7. The molecule has 0 heterocycles. The monoisotopic (exact) mass is 374 g/mol. The number of hydrogen-bond acceptors (Lipinski definition) is 3. The molecule has 26 heavy (non-hydrogen) atoms. The van der Waals surface area contributed by atoms with Gasteiger partial charge in [-0.3, -0.25) is 4.79 Å². The molecule has 2 aromatic rings. The van der Waals surface area contributed by atoms with Crippen LogP contribution in [0.15, 0.2) is 36.4 Å². The predicted molar refractivity (Wildman–Crippen MR) is 101 cm³/mol. The number of aryl methyl sites for hydroxylation is 1. The molecule has 0 atom stereocenters. The van der Waals surface area contributed by atoms with Crippen LogP contribution >= 0.6 is 11.6 Å². The van der Waals surface area contributed by atoms with E-state index in [1.807, 2.05) is 18.2 Å². The molecule has 0 aromatic heterocycles. The largest absolute Gasteiger partial charge is 0.497 e. The van der Waals surface area contributed by atoms with Gasteiger partial charge in [-0.25, -0.2) is 4.39 Å². The maximum absolute atomic E-state index is 14.0. The first-order valence-corrected chi connectivity index (χ1v) is 8.83. The SMILES string of the molecule is COC(=O)CC1=C(c2ccc(Cl)c(F)c2)CCCc2cc(OC)ccc21. The van der Waals surface area contributed by atoms with Crippen molar-refractivity contribution in [1.82, 2.24) is 0 Å². The molecule has 3 rings (SSSR count). The van der Waals surface area contributed by atoms with Gasteiger partial charge < -0.3 is 9.47 Å². The molecule has 1 aliphatic carbocycles. The van der Waals surface area contributed by atoms with Crippen LogP contribution in [0.5, 0.6) is 5.75 Å². The van der Waals surface area contributed by atoms with Gasteiger partial charge in [0.05, 0.1) is 25.7 Å². The molecule has 2 aromatic carbocycles. The lowest BCUT2D eigenvalue weighted by atomic mass is 9.90. The van der Waals surface area contributed by atoms with E-state index in [0.717, 1.165) is 52.8 Å². The number of carbonyl (C=O) groups excluding carboxylic acids is 1. The third-order valence-electron chi connectivity index (χ3n) is 4.69. The van der Waals surface area contributed by atoms with Crippen molar-refractivity contribution in [3.05, 3.63) is 63.9 Å². The average Bonchev–Trinajstić information content (AvgIpc) is 2.83. The van der Waals surface area contributed by atoms with E-state index in [2.05, 4.69) is 0 Å². The number of esters is 1. The quantitative estimate of drug-likeness (QED) is 0.681. The van der Waals surface area contributed by atoms with Crippen molar-refractivity contribution >= 4 is 28.7 Å². The van der Waals surface area contributed by atoms with E-state index >= 15 is 0 Å². The van der Waals surface area contributed by atoms with Crippen LogP contribution in [0.25, 0.3) is 11.1 Å². The van der Waals surface area contributed by atoms with Gasteiger partial charge in [0.2, 0.25) is 0 Å². The van der Waals surface area contributed by atoms with Gasteiger partial charge in [0.15, 0.2) is 0 Å². The third-order valence-corrected chi connectivity index (χ3v) is 5.00. The van der Waals surface area contributed by atoms with Crippen molar-refractivity contribution in [2.24, 2.45) is 0 Å². The molecule has 0 spiro atoms. The molecule has 1 aliphatic rings. The predicted octanol–water partition coefficient (Wildman–Crippen LogP) is 5.30. The summed E-state index contributed by atoms with van der Waals surface area (Å²) in [7, 11) is 3.00. The van der Waals surface area contributed by atoms with Crippen LogP contribution in [0.2, 0.25) is 5.02 Å². The summed E-state index contributed by atoms with van der Waals surface area (Å²) >= 11 is 5.83. The van der Waals surface area contributed by atoms with E-state index in [0.29, 0.717) is 0 Å². The number of rotatable bonds is 4. The Morgan fingerprint density at radius 1 is 1.15 bits per heavy atom. The van der Waals surface area contributed by atoms with Crippen LogP contribution < -0.4 is 4.74 Å². The molecule has 3 nitrogen and oxygen atoms in total. The summed E-state index contributed by atoms with van der Waals surface area (Å²) in [6, 6.07) is 10.6. The van der Waals surface area contributed by atoms with E-state index in [9.17, 15) is 9.18 Å². The molecule has 0 saturated carbocycles. The van der Waals surface area contributed by atoms with E-state index in [4.69, 9.17) is 21.1 Å². The standard InChI is InChI=1S/C21H20ClFO3/c1-25-15-7-8-17-13(10-15)4-3-5-16(18(17)12-21(24)26-2)14-6-9-19(22)20(23)11-14/h6-11H,3-5,12H2,1-2H3. The molecular formula is C21H20ClFO3. The van der Waals surface area contributed by atoms with Gasteiger partial charge in [-0.05, 0) is 71.4 Å². The summed E-state index contributed by atoms with van der Waals surface area (Å²) < 4.78 is 24.2. The number of benzene rings is 2. The minimum atomic E-state index is -0.465. The number of allylic oxidation sites excluding steroid dienone is 1. The van der Waals surface area contributed by atoms with Gasteiger partial charge >= 0.3 is 5.97 Å². The lowest BCUT2D eigenvalue weighted by Crippen LogP contribution is -2.04. The zero-order valence-corrected chi connectivity index (χ0v) is 15.5. The van der Waals surface area contributed by atoms with Crippen LogP contribution in [0.3, 0.4) is 0 Å². The van der Waals surface area contributed by atoms with Gasteiger partial charge in [-0.1, -0.05) is 23.7 Å². The van der Waals surface area contributed by atoms with Crippen LogP contribution in [-0.2, 0) is 16.0 Å². The molecule has 136 valence electrons. The topological polar surface area (TPSA) is 35.5 Å². The summed E-state index contributed by atoms with van der Waals surface area (Å²) in [4.78, 5) is 12.0. The molecule has 5 heteroatoms. The first kappa shape index (κ1) is 18.5. The Bertz CT molecular complexity index is 874. The van der Waals surface area contributed by atoms with Crippen molar-refractivity contribution in [1.29, 1.82) is 0 Å². The van der Waals surface area contributed by atoms with E-state index in [-0.39, 0.29) is 17.4 Å². The smallest absolute Gasteiger partial charge is 0.310 e. The number of fused-ring (bicyclic) bond motifs is 1. The van der Waals surface area contributed by atoms with Crippen LogP contribution in [0.1, 0.15) is 36.0 Å². The van der Waals surface area contributed by atoms with Gasteiger partial charge in [0.25, 0.3) is 0 Å². The molecule has 0 fully saturated rings. The molecular weight excluding hydrogens is 355 g/mol. The van der Waals surface area contributed by atoms with Crippen molar-refractivity contribution in [3.63, 3.8) is 0 Å². The fourth-order valence-corrected chi connectivity index (χ4v) is 3.51. The lowest BCUT2D eigenvalue weighted by molar-refractivity contribution is -0.139. The highest BCUT2D eigenvalue weighted by Gasteiger charge is 2.22. The van der Waals surface area contributed by atoms with Crippen molar-refractivity contribution in [2.75, 3.05) is 14.2 Å². The Morgan fingerprint density at radius 3 is 2.65 bits per heavy atom. The van der Waals surface area contributed by atoms with Gasteiger partial charge in [0.1, 0.15) is 11.6 Å². The fourth-order valence-electron chi connectivity index (χ4n) is 3.39. The maximum atomic E-state index is 14.0. The number of hydrogen-bond donors (Lipinski definition) is 0. The minimum Gasteiger partial charge on any atom is -0.497 e. The average molecular weight is 375 g/mol.